The Morgan fingerprint density at radius 3 is 2.39 bits per heavy atom. The number of nitrogens with one attached hydrogen (secondary N) is 1. The van der Waals surface area contributed by atoms with Gasteiger partial charge in [0.25, 0.3) is 0 Å². The van der Waals surface area contributed by atoms with Gasteiger partial charge in [-0.05, 0) is 19.9 Å². The molecule has 1 N–H and O–H groups in total. The van der Waals surface area contributed by atoms with Gasteiger partial charge in [0, 0.05) is 11.8 Å². The molecule has 2 aromatic rings. The minimum atomic E-state index is -4.52. The van der Waals surface area contributed by atoms with E-state index in [1.165, 1.54) is 10.9 Å². The first-order valence-electron chi connectivity index (χ1n) is 6.73. The molecule has 1 heterocycles. The molecular weight excluding hydrogens is 309 g/mol. The maximum atomic E-state index is 12.8. The second kappa shape index (κ2) is 6.23. The van der Waals surface area contributed by atoms with E-state index in [9.17, 15) is 18.0 Å². The summed E-state index contributed by atoms with van der Waals surface area (Å²) in [5, 5.41) is 7.59. The predicted octanol–water partition coefficient (Wildman–Crippen LogP) is 2.79. The molecule has 0 spiro atoms. The normalized spacial score (nSPS) is 13.0. The number of aromatic nitrogens is 2. The minimum absolute atomic E-state index is 0.377. The SMILES string of the molecule is CC(C)(C(=NNC=O)c1ccccc1)n1ccc(C(F)(F)F)n1. The number of rotatable bonds is 5. The second-order valence-corrected chi connectivity index (χ2v) is 5.28. The summed E-state index contributed by atoms with van der Waals surface area (Å²) in [6, 6.07) is 9.75. The van der Waals surface area contributed by atoms with Crippen LogP contribution in [-0.2, 0) is 16.5 Å². The molecule has 0 atom stereocenters. The van der Waals surface area contributed by atoms with Crippen molar-refractivity contribution in [3.63, 3.8) is 0 Å². The molecule has 2 rings (SSSR count). The number of benzene rings is 1. The van der Waals surface area contributed by atoms with Crippen LogP contribution >= 0.6 is 0 Å². The zero-order chi connectivity index (χ0) is 17.1. The van der Waals surface area contributed by atoms with Crippen molar-refractivity contribution in [2.45, 2.75) is 25.6 Å². The van der Waals surface area contributed by atoms with E-state index in [1.54, 1.807) is 44.2 Å². The van der Waals surface area contributed by atoms with Crippen LogP contribution in [0.1, 0.15) is 25.1 Å². The van der Waals surface area contributed by atoms with Gasteiger partial charge in [-0.3, -0.25) is 9.48 Å². The van der Waals surface area contributed by atoms with Crippen molar-refractivity contribution in [3.05, 3.63) is 53.9 Å². The molecule has 1 aromatic carbocycles. The van der Waals surface area contributed by atoms with Crippen LogP contribution in [0, 0.1) is 0 Å². The number of nitrogens with zero attached hydrogens (tertiary/aromatic N) is 3. The van der Waals surface area contributed by atoms with E-state index >= 15 is 0 Å². The molecule has 8 heteroatoms. The fourth-order valence-corrected chi connectivity index (χ4v) is 2.14. The van der Waals surface area contributed by atoms with E-state index in [-0.39, 0.29) is 0 Å². The van der Waals surface area contributed by atoms with Crippen LogP contribution in [0.4, 0.5) is 13.2 Å². The van der Waals surface area contributed by atoms with Gasteiger partial charge in [0.1, 0.15) is 5.54 Å². The Hall–Kier alpha value is -2.64. The number of amides is 1. The number of hydrazone groups is 1. The van der Waals surface area contributed by atoms with Crippen LogP contribution in [0.3, 0.4) is 0 Å². The molecule has 5 nitrogen and oxygen atoms in total. The van der Waals surface area contributed by atoms with Gasteiger partial charge in [-0.15, -0.1) is 0 Å². The number of hydrogen-bond donors (Lipinski definition) is 1. The average Bonchev–Trinajstić information content (AvgIpc) is 2.99. The summed E-state index contributed by atoms with van der Waals surface area (Å²) in [6.07, 6.45) is -2.89. The van der Waals surface area contributed by atoms with Crippen LogP contribution in [-0.4, -0.2) is 21.9 Å². The van der Waals surface area contributed by atoms with Gasteiger partial charge in [-0.25, -0.2) is 5.43 Å². The monoisotopic (exact) mass is 324 g/mol. The summed E-state index contributed by atoms with van der Waals surface area (Å²) in [4.78, 5) is 10.6. The lowest BCUT2D eigenvalue weighted by Crippen LogP contribution is -2.38. The number of carbonyl (C=O) groups is 1. The van der Waals surface area contributed by atoms with Crippen LogP contribution in [0.5, 0.6) is 0 Å². The van der Waals surface area contributed by atoms with Gasteiger partial charge in [0.2, 0.25) is 6.41 Å². The topological polar surface area (TPSA) is 59.3 Å². The first kappa shape index (κ1) is 16.7. The van der Waals surface area contributed by atoms with Gasteiger partial charge in [0.15, 0.2) is 5.69 Å². The zero-order valence-corrected chi connectivity index (χ0v) is 12.5. The van der Waals surface area contributed by atoms with Crippen molar-refractivity contribution >= 4 is 12.1 Å². The fraction of sp³-hybridized carbons (Fsp3) is 0.267. The molecule has 0 aliphatic rings. The Balaban J connectivity index is 2.48. The third kappa shape index (κ3) is 3.58. The van der Waals surface area contributed by atoms with Gasteiger partial charge in [0.05, 0.1) is 5.71 Å². The Kier molecular flexibility index (Phi) is 4.53. The zero-order valence-electron chi connectivity index (χ0n) is 12.5. The molecule has 1 aromatic heterocycles. The molecule has 0 aliphatic heterocycles. The third-order valence-electron chi connectivity index (χ3n) is 3.31. The molecule has 0 unspecified atom stereocenters. The minimum Gasteiger partial charge on any atom is -0.277 e. The van der Waals surface area contributed by atoms with Crippen LogP contribution in [0.2, 0.25) is 0 Å². The Morgan fingerprint density at radius 1 is 1.22 bits per heavy atom. The Morgan fingerprint density at radius 2 is 1.87 bits per heavy atom. The molecular formula is C15H15F3N4O. The van der Waals surface area contributed by atoms with Gasteiger partial charge >= 0.3 is 6.18 Å². The third-order valence-corrected chi connectivity index (χ3v) is 3.31. The van der Waals surface area contributed by atoms with Crippen molar-refractivity contribution in [1.29, 1.82) is 0 Å². The Bertz CT molecular complexity index is 705. The van der Waals surface area contributed by atoms with Crippen LogP contribution in [0.25, 0.3) is 0 Å². The van der Waals surface area contributed by atoms with Gasteiger partial charge in [-0.2, -0.15) is 23.4 Å². The van der Waals surface area contributed by atoms with Crippen molar-refractivity contribution in [2.24, 2.45) is 5.10 Å². The summed E-state index contributed by atoms with van der Waals surface area (Å²) >= 11 is 0. The molecule has 1 amide bonds. The summed E-state index contributed by atoms with van der Waals surface area (Å²) in [6.45, 7) is 3.33. The van der Waals surface area contributed by atoms with E-state index < -0.39 is 17.4 Å². The largest absolute Gasteiger partial charge is 0.435 e. The number of halogens is 3. The lowest BCUT2D eigenvalue weighted by atomic mass is 9.92. The quantitative estimate of drug-likeness (QED) is 0.522. The van der Waals surface area contributed by atoms with E-state index in [1.807, 2.05) is 0 Å². The van der Waals surface area contributed by atoms with Gasteiger partial charge in [-0.1, -0.05) is 30.3 Å². The highest BCUT2D eigenvalue weighted by Gasteiger charge is 2.36. The van der Waals surface area contributed by atoms with E-state index in [2.05, 4.69) is 15.6 Å². The molecule has 0 saturated carbocycles. The Labute approximate surface area is 130 Å². The molecule has 0 radical (unpaired) electrons. The van der Waals surface area contributed by atoms with Crippen molar-refractivity contribution in [2.75, 3.05) is 0 Å². The first-order chi connectivity index (χ1) is 10.8. The molecule has 0 fully saturated rings. The first-order valence-corrected chi connectivity index (χ1v) is 6.73. The maximum Gasteiger partial charge on any atom is 0.435 e. The maximum absolute atomic E-state index is 12.8. The molecule has 0 aliphatic carbocycles. The van der Waals surface area contributed by atoms with Crippen molar-refractivity contribution in [3.8, 4) is 0 Å². The number of alkyl halides is 3. The lowest BCUT2D eigenvalue weighted by molar-refractivity contribution is -0.141. The smallest absolute Gasteiger partial charge is 0.277 e. The van der Waals surface area contributed by atoms with Crippen molar-refractivity contribution < 1.29 is 18.0 Å². The van der Waals surface area contributed by atoms with E-state index in [4.69, 9.17) is 0 Å². The predicted molar refractivity (Wildman–Crippen MR) is 78.7 cm³/mol. The summed E-state index contributed by atoms with van der Waals surface area (Å²) in [5.41, 5.74) is 1.25. The average molecular weight is 324 g/mol. The van der Waals surface area contributed by atoms with Crippen LogP contribution in [0.15, 0.2) is 47.7 Å². The highest BCUT2D eigenvalue weighted by atomic mass is 19.4. The van der Waals surface area contributed by atoms with Gasteiger partial charge < -0.3 is 0 Å². The highest BCUT2D eigenvalue weighted by Crippen LogP contribution is 2.29. The summed E-state index contributed by atoms with van der Waals surface area (Å²) in [5.74, 6) is 0. The summed E-state index contributed by atoms with van der Waals surface area (Å²) < 4.78 is 39.4. The summed E-state index contributed by atoms with van der Waals surface area (Å²) in [7, 11) is 0. The number of carbonyl (C=O) groups excluding carboxylic acids is 1. The molecule has 23 heavy (non-hydrogen) atoms. The standard InChI is InChI=1S/C15H15F3N4O/c1-14(2,22-9-8-12(21-22)15(16,17)18)13(20-19-10-23)11-6-4-3-5-7-11/h3-10H,1-2H3,(H,19,23). The molecule has 122 valence electrons. The van der Waals surface area contributed by atoms with Crippen molar-refractivity contribution in [1.82, 2.24) is 15.2 Å². The fourth-order valence-electron chi connectivity index (χ4n) is 2.14. The number of hydrogen-bond acceptors (Lipinski definition) is 3. The van der Waals surface area contributed by atoms with E-state index in [0.29, 0.717) is 17.7 Å². The highest BCUT2D eigenvalue weighted by molar-refractivity contribution is 6.05. The van der Waals surface area contributed by atoms with Crippen LogP contribution < -0.4 is 5.43 Å². The molecule has 0 bridgehead atoms. The lowest BCUT2D eigenvalue weighted by Gasteiger charge is -2.27. The molecule has 0 saturated heterocycles. The second-order valence-electron chi connectivity index (χ2n) is 5.28. The van der Waals surface area contributed by atoms with E-state index in [0.717, 1.165) is 6.07 Å².